The number of hydrogen-bond acceptors (Lipinski definition) is 3. The molecule has 3 aliphatic carbocycles. The lowest BCUT2D eigenvalue weighted by atomic mass is 9.75. The molecule has 0 unspecified atom stereocenters. The summed E-state index contributed by atoms with van der Waals surface area (Å²) >= 11 is 0. The van der Waals surface area contributed by atoms with Crippen LogP contribution in [0.5, 0.6) is 0 Å². The molecule has 0 aromatic heterocycles. The third kappa shape index (κ3) is 7.90. The van der Waals surface area contributed by atoms with Gasteiger partial charge in [-0.2, -0.15) is 0 Å². The topological polar surface area (TPSA) is 27.7 Å². The monoisotopic (exact) mass is 496 g/mol. The summed E-state index contributed by atoms with van der Waals surface area (Å²) in [6, 6.07) is 0. The predicted molar refractivity (Wildman–Crippen MR) is 146 cm³/mol. The van der Waals surface area contributed by atoms with E-state index in [1.165, 1.54) is 38.5 Å². The van der Waals surface area contributed by atoms with Crippen LogP contribution in [0.3, 0.4) is 0 Å². The maximum Gasteiger partial charge on any atom is 0.333 e. The Labute approximate surface area is 213 Å². The molecule has 34 heavy (non-hydrogen) atoms. The number of rotatable bonds is 9. The van der Waals surface area contributed by atoms with E-state index in [1.54, 1.807) is 0 Å². The molecule has 0 N–H and O–H groups in total. The van der Waals surface area contributed by atoms with Gasteiger partial charge in [-0.1, -0.05) is 81.6 Å². The first-order valence-electron chi connectivity index (χ1n) is 14.8. The molecule has 0 radical (unpaired) electrons. The Bertz CT molecular complexity index is 513. The molecule has 9 atom stereocenters. The zero-order chi connectivity index (χ0) is 25.0. The molecular formula is C30H57O3P. The largest absolute Gasteiger partial charge is 0.333 e. The highest BCUT2D eigenvalue weighted by Gasteiger charge is 2.41. The summed E-state index contributed by atoms with van der Waals surface area (Å²) in [5, 5.41) is 0. The van der Waals surface area contributed by atoms with Crippen molar-refractivity contribution < 1.29 is 13.6 Å². The SMILES string of the molecule is CC(C)[C@@H]1CC[C@@H](C)C[C@H]1OP(O[C@@H]1C[C@H](C)CC[C@H]1C(C)C)O[C@@H]1C[C@H](C)CC[C@H]1C(C)C. The van der Waals surface area contributed by atoms with Gasteiger partial charge in [0.05, 0.1) is 18.3 Å². The fraction of sp³-hybridized carbons (Fsp3) is 1.00. The minimum atomic E-state index is -1.34. The minimum Gasteiger partial charge on any atom is -0.309 e. The molecule has 4 heteroatoms. The molecular weight excluding hydrogens is 439 g/mol. The summed E-state index contributed by atoms with van der Waals surface area (Å²) in [6.07, 6.45) is 12.1. The molecule has 0 aliphatic heterocycles. The van der Waals surface area contributed by atoms with E-state index in [0.717, 1.165) is 37.0 Å². The Morgan fingerprint density at radius 1 is 0.471 bits per heavy atom. The van der Waals surface area contributed by atoms with Crippen LogP contribution >= 0.6 is 8.60 Å². The molecule has 200 valence electrons. The summed E-state index contributed by atoms with van der Waals surface area (Å²) < 4.78 is 21.0. The van der Waals surface area contributed by atoms with Gasteiger partial charge in [0.2, 0.25) is 0 Å². The average Bonchev–Trinajstić information content (AvgIpc) is 2.73. The van der Waals surface area contributed by atoms with Crippen molar-refractivity contribution in [1.82, 2.24) is 0 Å². The molecule has 0 aromatic carbocycles. The van der Waals surface area contributed by atoms with Crippen LogP contribution in [-0.2, 0) is 13.6 Å². The maximum absolute atomic E-state index is 6.99. The first kappa shape index (κ1) is 28.9. The van der Waals surface area contributed by atoms with E-state index in [2.05, 4.69) is 62.3 Å². The fourth-order valence-electron chi connectivity index (χ4n) is 7.11. The van der Waals surface area contributed by atoms with Crippen LogP contribution in [0.4, 0.5) is 0 Å². The van der Waals surface area contributed by atoms with Crippen molar-refractivity contribution in [2.75, 3.05) is 0 Å². The molecule has 0 amide bonds. The summed E-state index contributed by atoms with van der Waals surface area (Å²) in [5.74, 6) is 5.97. The van der Waals surface area contributed by atoms with Crippen LogP contribution in [0.15, 0.2) is 0 Å². The van der Waals surface area contributed by atoms with E-state index in [9.17, 15) is 0 Å². The predicted octanol–water partition coefficient (Wildman–Crippen LogP) is 9.65. The Balaban J connectivity index is 1.81. The van der Waals surface area contributed by atoms with E-state index in [4.69, 9.17) is 13.6 Å². The third-order valence-electron chi connectivity index (χ3n) is 9.55. The van der Waals surface area contributed by atoms with Crippen molar-refractivity contribution >= 4 is 8.60 Å². The molecule has 3 aliphatic rings. The van der Waals surface area contributed by atoms with Gasteiger partial charge >= 0.3 is 8.60 Å². The van der Waals surface area contributed by atoms with Crippen molar-refractivity contribution in [3.8, 4) is 0 Å². The van der Waals surface area contributed by atoms with Gasteiger partial charge in [-0.05, 0) is 91.8 Å². The van der Waals surface area contributed by atoms with Crippen LogP contribution in [-0.4, -0.2) is 18.3 Å². The van der Waals surface area contributed by atoms with Crippen LogP contribution < -0.4 is 0 Å². The van der Waals surface area contributed by atoms with Crippen LogP contribution in [0.25, 0.3) is 0 Å². The van der Waals surface area contributed by atoms with Crippen LogP contribution in [0.1, 0.15) is 120 Å². The molecule has 0 spiro atoms. The van der Waals surface area contributed by atoms with Gasteiger partial charge in [-0.15, -0.1) is 0 Å². The van der Waals surface area contributed by atoms with Gasteiger partial charge in [-0.3, -0.25) is 0 Å². The highest BCUT2D eigenvalue weighted by molar-refractivity contribution is 7.41. The lowest BCUT2D eigenvalue weighted by molar-refractivity contribution is -0.0377. The van der Waals surface area contributed by atoms with Crippen molar-refractivity contribution in [2.45, 2.75) is 138 Å². The van der Waals surface area contributed by atoms with Gasteiger partial charge in [0.1, 0.15) is 0 Å². The molecule has 3 saturated carbocycles. The molecule has 0 aromatic rings. The highest BCUT2D eigenvalue weighted by Crippen LogP contribution is 2.54. The number of hydrogen-bond donors (Lipinski definition) is 0. The Morgan fingerprint density at radius 3 is 0.971 bits per heavy atom. The second-order valence-electron chi connectivity index (χ2n) is 13.6. The first-order valence-corrected chi connectivity index (χ1v) is 15.9. The molecule has 0 heterocycles. The fourth-order valence-corrected chi connectivity index (χ4v) is 8.65. The zero-order valence-electron chi connectivity index (χ0n) is 24.0. The van der Waals surface area contributed by atoms with Gasteiger partial charge in [-0.25, -0.2) is 0 Å². The standard InChI is InChI=1S/C30H57O3P/c1-19(2)25-13-10-22(7)16-28(25)31-34(32-29-17-23(8)11-14-26(29)20(3)4)33-30-18-24(9)12-15-27(30)21(5)6/h19-30H,10-18H2,1-9H3/t22-,23-,24-,25+,26+,27+,28-,29-,30-/m1/s1. The maximum atomic E-state index is 6.99. The van der Waals surface area contributed by atoms with Crippen molar-refractivity contribution in [3.05, 3.63) is 0 Å². The van der Waals surface area contributed by atoms with Crippen molar-refractivity contribution in [3.63, 3.8) is 0 Å². The summed E-state index contributed by atoms with van der Waals surface area (Å²) in [4.78, 5) is 0. The molecule has 3 fully saturated rings. The second kappa shape index (κ2) is 13.2. The summed E-state index contributed by atoms with van der Waals surface area (Å²) in [6.45, 7) is 21.4. The second-order valence-corrected chi connectivity index (χ2v) is 14.7. The molecule has 0 bridgehead atoms. The van der Waals surface area contributed by atoms with E-state index in [-0.39, 0.29) is 18.3 Å². The van der Waals surface area contributed by atoms with E-state index in [1.807, 2.05) is 0 Å². The van der Waals surface area contributed by atoms with Crippen molar-refractivity contribution in [1.29, 1.82) is 0 Å². The smallest absolute Gasteiger partial charge is 0.309 e. The molecule has 3 rings (SSSR count). The lowest BCUT2D eigenvalue weighted by Crippen LogP contribution is -2.38. The van der Waals surface area contributed by atoms with E-state index in [0.29, 0.717) is 35.5 Å². The van der Waals surface area contributed by atoms with Gasteiger partial charge in [0.15, 0.2) is 0 Å². The molecule has 0 saturated heterocycles. The molecule has 3 nitrogen and oxygen atoms in total. The van der Waals surface area contributed by atoms with Crippen LogP contribution in [0.2, 0.25) is 0 Å². The summed E-state index contributed by atoms with van der Waals surface area (Å²) in [7, 11) is -1.34. The van der Waals surface area contributed by atoms with Gasteiger partial charge in [0, 0.05) is 0 Å². The van der Waals surface area contributed by atoms with E-state index >= 15 is 0 Å². The van der Waals surface area contributed by atoms with E-state index < -0.39 is 8.60 Å². The third-order valence-corrected chi connectivity index (χ3v) is 10.9. The quantitative estimate of drug-likeness (QED) is 0.297. The Hall–Kier alpha value is 0.310. The first-order chi connectivity index (χ1) is 16.0. The van der Waals surface area contributed by atoms with Gasteiger partial charge in [0.25, 0.3) is 0 Å². The van der Waals surface area contributed by atoms with Crippen molar-refractivity contribution in [2.24, 2.45) is 53.3 Å². The Morgan fingerprint density at radius 2 is 0.735 bits per heavy atom. The normalized spacial score (nSPS) is 40.0. The average molecular weight is 497 g/mol. The van der Waals surface area contributed by atoms with Gasteiger partial charge < -0.3 is 13.6 Å². The lowest BCUT2D eigenvalue weighted by Gasteiger charge is -2.43. The highest BCUT2D eigenvalue weighted by atomic mass is 31.2. The summed E-state index contributed by atoms with van der Waals surface area (Å²) in [5.41, 5.74) is 0. The minimum absolute atomic E-state index is 0.270. The van der Waals surface area contributed by atoms with Crippen LogP contribution in [0, 0.1) is 53.3 Å². The Kier molecular flexibility index (Phi) is 11.2. The zero-order valence-corrected chi connectivity index (χ0v) is 24.9.